The largest absolute Gasteiger partial charge is 0.389 e. The van der Waals surface area contributed by atoms with Crippen LogP contribution in [0, 0.1) is 5.82 Å². The monoisotopic (exact) mass is 484 g/mol. The van der Waals surface area contributed by atoms with Crippen LogP contribution in [0.3, 0.4) is 0 Å². The van der Waals surface area contributed by atoms with Gasteiger partial charge in [0.25, 0.3) is 0 Å². The van der Waals surface area contributed by atoms with E-state index in [-0.39, 0.29) is 30.7 Å². The minimum atomic E-state index is -3.74. The van der Waals surface area contributed by atoms with Gasteiger partial charge in [0.05, 0.1) is 17.6 Å². The van der Waals surface area contributed by atoms with Crippen molar-refractivity contribution in [3.63, 3.8) is 0 Å². The second-order valence-corrected chi connectivity index (χ2v) is 10.3. The van der Waals surface area contributed by atoms with Gasteiger partial charge >= 0.3 is 0 Å². The third-order valence-electron chi connectivity index (χ3n) is 5.89. The number of benzene rings is 3. The van der Waals surface area contributed by atoms with Gasteiger partial charge < -0.3 is 9.84 Å². The number of nitrogens with zero attached hydrogens (tertiary/aromatic N) is 2. The van der Waals surface area contributed by atoms with E-state index in [0.29, 0.717) is 19.6 Å². The lowest BCUT2D eigenvalue weighted by Gasteiger charge is -2.35. The highest BCUT2D eigenvalue weighted by atomic mass is 32.2. The van der Waals surface area contributed by atoms with Crippen LogP contribution in [0.15, 0.2) is 89.8 Å². The Labute approximate surface area is 200 Å². The third kappa shape index (κ3) is 6.08. The molecule has 1 heterocycles. The van der Waals surface area contributed by atoms with Gasteiger partial charge in [-0.25, -0.2) is 12.8 Å². The molecule has 0 spiro atoms. The van der Waals surface area contributed by atoms with Gasteiger partial charge in [0.15, 0.2) is 0 Å². The molecule has 0 aliphatic carbocycles. The first-order valence-electron chi connectivity index (χ1n) is 11.3. The van der Waals surface area contributed by atoms with Crippen LogP contribution in [0.2, 0.25) is 0 Å². The van der Waals surface area contributed by atoms with Crippen LogP contribution in [0.1, 0.15) is 17.2 Å². The predicted molar refractivity (Wildman–Crippen MR) is 128 cm³/mol. The number of ether oxygens (including phenoxy) is 1. The van der Waals surface area contributed by atoms with Crippen LogP contribution in [0.5, 0.6) is 0 Å². The Morgan fingerprint density at radius 3 is 2.00 bits per heavy atom. The van der Waals surface area contributed by atoms with Gasteiger partial charge in [-0.1, -0.05) is 66.7 Å². The summed E-state index contributed by atoms with van der Waals surface area (Å²) in [5.74, 6) is -0.577. The third-order valence-corrected chi connectivity index (χ3v) is 7.79. The molecule has 3 aromatic rings. The number of aliphatic hydroxyl groups is 1. The number of aliphatic hydroxyl groups excluding tert-OH is 1. The van der Waals surface area contributed by atoms with E-state index >= 15 is 0 Å². The lowest BCUT2D eigenvalue weighted by molar-refractivity contribution is -0.0117. The highest BCUT2D eigenvalue weighted by Crippen LogP contribution is 2.26. The van der Waals surface area contributed by atoms with E-state index in [4.69, 9.17) is 4.74 Å². The van der Waals surface area contributed by atoms with E-state index in [1.807, 2.05) is 65.6 Å². The molecule has 0 saturated carbocycles. The normalized spacial score (nSPS) is 16.6. The van der Waals surface area contributed by atoms with Crippen molar-refractivity contribution in [2.75, 3.05) is 39.3 Å². The van der Waals surface area contributed by atoms with Gasteiger partial charge in [0.2, 0.25) is 10.0 Å². The fraction of sp³-hybridized carbons (Fsp3) is 0.308. The van der Waals surface area contributed by atoms with Crippen molar-refractivity contribution in [3.8, 4) is 0 Å². The smallest absolute Gasteiger partial charge is 0.243 e. The van der Waals surface area contributed by atoms with E-state index in [1.165, 1.54) is 22.5 Å². The highest BCUT2D eigenvalue weighted by molar-refractivity contribution is 7.89. The Morgan fingerprint density at radius 2 is 1.44 bits per heavy atom. The molecule has 0 amide bonds. The molecule has 1 saturated heterocycles. The van der Waals surface area contributed by atoms with Crippen molar-refractivity contribution in [1.29, 1.82) is 0 Å². The maximum Gasteiger partial charge on any atom is 0.243 e. The van der Waals surface area contributed by atoms with E-state index in [9.17, 15) is 17.9 Å². The summed E-state index contributed by atoms with van der Waals surface area (Å²) in [6.07, 6.45) is -1.01. The molecular weight excluding hydrogens is 455 g/mol. The van der Waals surface area contributed by atoms with Crippen LogP contribution in [0.4, 0.5) is 4.39 Å². The summed E-state index contributed by atoms with van der Waals surface area (Å²) in [6.45, 7) is 2.05. The van der Waals surface area contributed by atoms with Crippen LogP contribution in [-0.4, -0.2) is 68.2 Å². The van der Waals surface area contributed by atoms with Crippen LogP contribution in [0.25, 0.3) is 0 Å². The van der Waals surface area contributed by atoms with Crippen molar-refractivity contribution in [2.45, 2.75) is 17.1 Å². The minimum Gasteiger partial charge on any atom is -0.389 e. The van der Waals surface area contributed by atoms with E-state index < -0.39 is 21.9 Å². The molecule has 0 aromatic heterocycles. The number of hydrogen-bond donors (Lipinski definition) is 1. The maximum absolute atomic E-state index is 13.5. The summed E-state index contributed by atoms with van der Waals surface area (Å²) >= 11 is 0. The second-order valence-electron chi connectivity index (χ2n) is 8.35. The maximum atomic E-state index is 13.5. The number of sulfonamides is 1. The standard InChI is InChI=1S/C26H29FN2O4S/c27-23-12-7-13-25(18-23)34(31,32)29-16-14-28(15-17-29)19-24(30)20-33-26(21-8-3-1-4-9-21)22-10-5-2-6-11-22/h1-13,18,24,26,30H,14-17,19-20H2/t24-/m1/s1. The Bertz CT molecular complexity index is 1110. The van der Waals surface area contributed by atoms with Gasteiger partial charge in [-0.15, -0.1) is 0 Å². The molecule has 8 heteroatoms. The van der Waals surface area contributed by atoms with Gasteiger partial charge in [0.1, 0.15) is 11.9 Å². The summed E-state index contributed by atoms with van der Waals surface area (Å²) in [7, 11) is -3.74. The van der Waals surface area contributed by atoms with Gasteiger partial charge in [-0.05, 0) is 29.3 Å². The molecule has 4 rings (SSSR count). The molecule has 1 aliphatic heterocycles. The number of piperazine rings is 1. The Morgan fingerprint density at radius 1 is 0.853 bits per heavy atom. The van der Waals surface area contributed by atoms with Gasteiger partial charge in [-0.2, -0.15) is 4.31 Å². The Hall–Kier alpha value is -2.62. The number of β-amino-alcohol motifs (C(OH)–C–C–N with tert-alkyl or cyclic N) is 1. The Kier molecular flexibility index (Phi) is 8.07. The fourth-order valence-corrected chi connectivity index (χ4v) is 5.58. The molecule has 34 heavy (non-hydrogen) atoms. The van der Waals surface area contributed by atoms with Crippen molar-refractivity contribution in [2.24, 2.45) is 0 Å². The van der Waals surface area contributed by atoms with Crippen molar-refractivity contribution in [3.05, 3.63) is 102 Å². The zero-order valence-corrected chi connectivity index (χ0v) is 19.6. The van der Waals surface area contributed by atoms with Crippen LogP contribution in [-0.2, 0) is 14.8 Å². The quantitative estimate of drug-likeness (QED) is 0.505. The Balaban J connectivity index is 1.31. The second kappa shape index (κ2) is 11.2. The molecule has 3 aromatic carbocycles. The number of hydrogen-bond acceptors (Lipinski definition) is 5. The first kappa shape index (κ1) is 24.5. The first-order valence-corrected chi connectivity index (χ1v) is 12.7. The molecule has 1 N–H and O–H groups in total. The van der Waals surface area contributed by atoms with E-state index in [0.717, 1.165) is 17.2 Å². The first-order chi connectivity index (χ1) is 16.4. The lowest BCUT2D eigenvalue weighted by Crippen LogP contribution is -2.50. The highest BCUT2D eigenvalue weighted by Gasteiger charge is 2.29. The average molecular weight is 485 g/mol. The van der Waals surface area contributed by atoms with Crippen molar-refractivity contribution < 1.29 is 22.7 Å². The van der Waals surface area contributed by atoms with E-state index in [1.54, 1.807) is 0 Å². The summed E-state index contributed by atoms with van der Waals surface area (Å²) in [6, 6.07) is 24.8. The molecule has 0 bridgehead atoms. The van der Waals surface area contributed by atoms with Gasteiger partial charge in [0, 0.05) is 32.7 Å². The fourth-order valence-electron chi connectivity index (χ4n) is 4.13. The zero-order chi connectivity index (χ0) is 24.0. The predicted octanol–water partition coefficient (Wildman–Crippen LogP) is 3.30. The summed E-state index contributed by atoms with van der Waals surface area (Å²) in [5, 5.41) is 10.6. The van der Waals surface area contributed by atoms with Crippen LogP contribution < -0.4 is 0 Å². The SMILES string of the molecule is O=S(=O)(c1cccc(F)c1)N1CCN(C[C@@H](O)COC(c2ccccc2)c2ccccc2)CC1. The number of halogens is 1. The van der Waals surface area contributed by atoms with Crippen LogP contribution >= 0.6 is 0 Å². The molecule has 0 radical (unpaired) electrons. The lowest BCUT2D eigenvalue weighted by atomic mass is 10.0. The average Bonchev–Trinajstić information content (AvgIpc) is 2.86. The molecule has 1 fully saturated rings. The molecular formula is C26H29FN2O4S. The minimum absolute atomic E-state index is 0.0396. The topological polar surface area (TPSA) is 70.1 Å². The van der Waals surface area contributed by atoms with Crippen molar-refractivity contribution >= 4 is 10.0 Å². The summed E-state index contributed by atoms with van der Waals surface area (Å²) in [5.41, 5.74) is 2.02. The molecule has 1 aliphatic rings. The summed E-state index contributed by atoms with van der Waals surface area (Å²) in [4.78, 5) is 1.98. The van der Waals surface area contributed by atoms with Crippen molar-refractivity contribution in [1.82, 2.24) is 9.21 Å². The summed E-state index contributed by atoms with van der Waals surface area (Å²) < 4.78 is 46.6. The number of rotatable bonds is 9. The molecule has 0 unspecified atom stereocenters. The molecule has 6 nitrogen and oxygen atoms in total. The zero-order valence-electron chi connectivity index (χ0n) is 18.8. The molecule has 180 valence electrons. The van der Waals surface area contributed by atoms with E-state index in [2.05, 4.69) is 0 Å². The van der Waals surface area contributed by atoms with Gasteiger partial charge in [-0.3, -0.25) is 4.90 Å². The molecule has 1 atom stereocenters.